The number of hydrogen-bond donors (Lipinski definition) is 2. The maximum atomic E-state index is 11.5. The molecule has 1 aliphatic rings. The molecule has 1 aromatic heterocycles. The number of H-pyrrole nitrogens is 1. The Bertz CT molecular complexity index is 507. The zero-order valence-corrected chi connectivity index (χ0v) is 9.45. The van der Waals surface area contributed by atoms with Crippen molar-refractivity contribution in [1.29, 1.82) is 0 Å². The summed E-state index contributed by atoms with van der Waals surface area (Å²) in [5.41, 5.74) is 2.36. The Balaban J connectivity index is 2.30. The van der Waals surface area contributed by atoms with Crippen LogP contribution >= 0.6 is 23.6 Å². The van der Waals surface area contributed by atoms with Crippen LogP contribution in [0.25, 0.3) is 5.57 Å². The number of rotatable bonds is 3. The van der Waals surface area contributed by atoms with E-state index in [9.17, 15) is 4.79 Å². The molecule has 5 heteroatoms. The van der Waals surface area contributed by atoms with Crippen LogP contribution < -0.4 is 0 Å². The molecule has 2 rings (SSSR count). The average molecular weight is 239 g/mol. The molecular weight excluding hydrogens is 230 g/mol. The molecule has 0 bridgehead atoms. The summed E-state index contributed by atoms with van der Waals surface area (Å²) in [6, 6.07) is 0. The monoisotopic (exact) mass is 239 g/mol. The van der Waals surface area contributed by atoms with Crippen molar-refractivity contribution in [1.82, 2.24) is 4.98 Å². The highest BCUT2D eigenvalue weighted by atomic mass is 32.1. The Kier molecular flexibility index (Phi) is 2.95. The van der Waals surface area contributed by atoms with Gasteiger partial charge in [0.25, 0.3) is 0 Å². The Morgan fingerprint density at radius 2 is 2.27 bits per heavy atom. The van der Waals surface area contributed by atoms with Crippen LogP contribution in [0, 0.1) is 3.95 Å². The predicted octanol–water partition coefficient (Wildman–Crippen LogP) is 2.08. The van der Waals surface area contributed by atoms with E-state index in [0.717, 1.165) is 11.3 Å². The van der Waals surface area contributed by atoms with E-state index < -0.39 is 0 Å². The molecule has 1 heterocycles. The molecule has 0 saturated heterocycles. The fourth-order valence-corrected chi connectivity index (χ4v) is 2.27. The first-order valence-corrected chi connectivity index (χ1v) is 5.75. The molecule has 2 N–H and O–H groups in total. The second-order valence-electron chi connectivity index (χ2n) is 3.17. The number of thiazole rings is 1. The van der Waals surface area contributed by atoms with Gasteiger partial charge in [-0.1, -0.05) is 0 Å². The molecule has 0 saturated carbocycles. The molecule has 0 aromatic carbocycles. The molecule has 78 valence electrons. The third-order valence-corrected chi connectivity index (χ3v) is 3.21. The van der Waals surface area contributed by atoms with Gasteiger partial charge in [-0.15, -0.1) is 11.3 Å². The summed E-state index contributed by atoms with van der Waals surface area (Å²) in [6.07, 6.45) is 3.77. The lowest BCUT2D eigenvalue weighted by atomic mass is 10.1. The van der Waals surface area contributed by atoms with Crippen LogP contribution in [0.15, 0.2) is 23.1 Å². The molecule has 0 fully saturated rings. The lowest BCUT2D eigenvalue weighted by Crippen LogP contribution is -1.96. The van der Waals surface area contributed by atoms with Gasteiger partial charge in [0, 0.05) is 23.1 Å². The van der Waals surface area contributed by atoms with E-state index in [4.69, 9.17) is 17.3 Å². The van der Waals surface area contributed by atoms with Crippen LogP contribution in [-0.2, 0) is 4.79 Å². The summed E-state index contributed by atoms with van der Waals surface area (Å²) in [5.74, 6) is -0.0235. The minimum atomic E-state index is -0.0235. The highest BCUT2D eigenvalue weighted by molar-refractivity contribution is 7.73. The van der Waals surface area contributed by atoms with Gasteiger partial charge < -0.3 is 10.1 Å². The number of hydrogen-bond acceptors (Lipinski definition) is 4. The number of carbonyl (C=O) groups excluding carboxylic acids is 1. The van der Waals surface area contributed by atoms with E-state index in [0.29, 0.717) is 15.9 Å². The number of aliphatic hydroxyl groups is 1. The molecule has 0 aliphatic heterocycles. The van der Waals surface area contributed by atoms with Crippen molar-refractivity contribution >= 4 is 34.9 Å². The number of ketones is 1. The minimum absolute atomic E-state index is 0.00166. The van der Waals surface area contributed by atoms with Gasteiger partial charge in [-0.3, -0.25) is 4.79 Å². The van der Waals surface area contributed by atoms with Crippen LogP contribution in [0.3, 0.4) is 0 Å². The number of aliphatic hydroxyl groups excluding tert-OH is 1. The standard InChI is InChI=1S/C10H9NO2S2/c12-2-1-6-3-7(4-9(6)13)8-5-15-10(14)11-8/h3-5,12H,1-2H2,(H,11,14). The second-order valence-corrected chi connectivity index (χ2v) is 4.72. The summed E-state index contributed by atoms with van der Waals surface area (Å²) in [4.78, 5) is 14.5. The van der Waals surface area contributed by atoms with E-state index in [1.807, 2.05) is 5.38 Å². The topological polar surface area (TPSA) is 53.1 Å². The largest absolute Gasteiger partial charge is 0.396 e. The van der Waals surface area contributed by atoms with E-state index in [-0.39, 0.29) is 12.4 Å². The maximum absolute atomic E-state index is 11.5. The fourth-order valence-electron chi connectivity index (χ4n) is 1.43. The van der Waals surface area contributed by atoms with E-state index in [1.54, 1.807) is 12.2 Å². The van der Waals surface area contributed by atoms with Crippen molar-refractivity contribution in [3.63, 3.8) is 0 Å². The Labute approximate surface area is 95.8 Å². The van der Waals surface area contributed by atoms with Crippen LogP contribution in [0.1, 0.15) is 12.1 Å². The third-order valence-electron chi connectivity index (χ3n) is 2.15. The molecule has 0 atom stereocenters. The normalized spacial score (nSPS) is 15.4. The van der Waals surface area contributed by atoms with E-state index in [1.165, 1.54) is 11.3 Å². The Morgan fingerprint density at radius 3 is 2.87 bits per heavy atom. The molecular formula is C10H9NO2S2. The lowest BCUT2D eigenvalue weighted by Gasteiger charge is -1.94. The maximum Gasteiger partial charge on any atom is 0.182 e. The van der Waals surface area contributed by atoms with Crippen LogP contribution in [0.2, 0.25) is 0 Å². The molecule has 0 spiro atoms. The Hall–Kier alpha value is -1.04. The van der Waals surface area contributed by atoms with E-state index in [2.05, 4.69) is 4.98 Å². The van der Waals surface area contributed by atoms with Crippen LogP contribution in [-0.4, -0.2) is 22.5 Å². The molecule has 0 radical (unpaired) electrons. The first-order valence-electron chi connectivity index (χ1n) is 4.46. The number of aromatic nitrogens is 1. The fraction of sp³-hybridized carbons (Fsp3) is 0.200. The molecule has 1 aromatic rings. The smallest absolute Gasteiger partial charge is 0.182 e. The van der Waals surface area contributed by atoms with Gasteiger partial charge in [-0.2, -0.15) is 0 Å². The Morgan fingerprint density at radius 1 is 1.47 bits per heavy atom. The molecule has 0 unspecified atom stereocenters. The summed E-state index contributed by atoms with van der Waals surface area (Å²) >= 11 is 6.40. The quantitative estimate of drug-likeness (QED) is 0.794. The third kappa shape index (κ3) is 2.14. The second kappa shape index (κ2) is 4.22. The predicted molar refractivity (Wildman–Crippen MR) is 62.3 cm³/mol. The lowest BCUT2D eigenvalue weighted by molar-refractivity contribution is -0.111. The van der Waals surface area contributed by atoms with Crippen molar-refractivity contribution in [2.75, 3.05) is 6.61 Å². The van der Waals surface area contributed by atoms with Crippen molar-refractivity contribution in [2.45, 2.75) is 6.42 Å². The average Bonchev–Trinajstić information content (AvgIpc) is 2.75. The van der Waals surface area contributed by atoms with Gasteiger partial charge in [0.2, 0.25) is 0 Å². The molecule has 0 amide bonds. The number of allylic oxidation sites excluding steroid dienone is 3. The summed E-state index contributed by atoms with van der Waals surface area (Å²) in [7, 11) is 0. The van der Waals surface area contributed by atoms with Gasteiger partial charge in [-0.25, -0.2) is 0 Å². The number of carbonyl (C=O) groups is 1. The van der Waals surface area contributed by atoms with E-state index >= 15 is 0 Å². The molecule has 1 aliphatic carbocycles. The van der Waals surface area contributed by atoms with Crippen molar-refractivity contribution in [2.24, 2.45) is 0 Å². The SMILES string of the molecule is O=C1C=C(c2csc(=S)[nH]2)C=C1CCO. The zero-order valence-electron chi connectivity index (χ0n) is 7.82. The van der Waals surface area contributed by atoms with Gasteiger partial charge >= 0.3 is 0 Å². The highest BCUT2D eigenvalue weighted by Gasteiger charge is 2.16. The number of nitrogens with one attached hydrogen (secondary N) is 1. The summed E-state index contributed by atoms with van der Waals surface area (Å²) < 4.78 is 0.697. The first-order chi connectivity index (χ1) is 7.20. The van der Waals surface area contributed by atoms with Crippen LogP contribution in [0.4, 0.5) is 0 Å². The molecule has 3 nitrogen and oxygen atoms in total. The van der Waals surface area contributed by atoms with Gasteiger partial charge in [0.15, 0.2) is 9.74 Å². The first kappa shape index (κ1) is 10.5. The van der Waals surface area contributed by atoms with Gasteiger partial charge in [-0.05, 0) is 30.8 Å². The van der Waals surface area contributed by atoms with Gasteiger partial charge in [0.1, 0.15) is 0 Å². The van der Waals surface area contributed by atoms with Crippen LogP contribution in [0.5, 0.6) is 0 Å². The molecule has 15 heavy (non-hydrogen) atoms. The number of aromatic amines is 1. The summed E-state index contributed by atoms with van der Waals surface area (Å²) in [5, 5.41) is 10.7. The van der Waals surface area contributed by atoms with Crippen molar-refractivity contribution < 1.29 is 9.90 Å². The minimum Gasteiger partial charge on any atom is -0.396 e. The highest BCUT2D eigenvalue weighted by Crippen LogP contribution is 2.25. The zero-order chi connectivity index (χ0) is 10.8. The van der Waals surface area contributed by atoms with Crippen molar-refractivity contribution in [3.8, 4) is 0 Å². The van der Waals surface area contributed by atoms with Crippen molar-refractivity contribution in [3.05, 3.63) is 32.8 Å². The summed E-state index contributed by atoms with van der Waals surface area (Å²) in [6.45, 7) is -0.00166. The van der Waals surface area contributed by atoms with Gasteiger partial charge in [0.05, 0.1) is 5.69 Å².